The van der Waals surface area contributed by atoms with Gasteiger partial charge in [0.15, 0.2) is 0 Å². The van der Waals surface area contributed by atoms with E-state index in [1.165, 1.54) is 18.6 Å². The molecule has 2 aliphatic heterocycles. The molecule has 2 saturated heterocycles. The molecule has 0 radical (unpaired) electrons. The monoisotopic (exact) mass is 411 g/mol. The summed E-state index contributed by atoms with van der Waals surface area (Å²) in [4.78, 5) is 31.0. The minimum absolute atomic E-state index is 0.0478. The van der Waals surface area contributed by atoms with Crippen molar-refractivity contribution in [3.05, 3.63) is 59.9 Å². The number of amides is 3. The summed E-state index contributed by atoms with van der Waals surface area (Å²) < 4.78 is 18.7. The highest BCUT2D eigenvalue weighted by molar-refractivity contribution is 5.94. The standard InChI is InChI=1S/C23H26FN3O3/c24-19-6-10-21(11-7-19)30-20-8-4-18(5-9-20)22(28)25-14-16-27(17-15-25)23(29)26-12-2-1-3-13-26/h4-11H,1-3,12-17H2. The topological polar surface area (TPSA) is 53.1 Å². The second-order valence-electron chi connectivity index (χ2n) is 7.69. The van der Waals surface area contributed by atoms with Crippen LogP contribution in [0.2, 0.25) is 0 Å². The molecule has 3 amide bonds. The lowest BCUT2D eigenvalue weighted by Crippen LogP contribution is -2.54. The lowest BCUT2D eigenvalue weighted by Gasteiger charge is -2.38. The van der Waals surface area contributed by atoms with Gasteiger partial charge in [-0.15, -0.1) is 0 Å². The largest absolute Gasteiger partial charge is 0.457 e. The molecule has 2 aromatic rings. The van der Waals surface area contributed by atoms with Crippen LogP contribution in [0.5, 0.6) is 11.5 Å². The number of ether oxygens (including phenoxy) is 1. The van der Waals surface area contributed by atoms with E-state index < -0.39 is 0 Å². The van der Waals surface area contributed by atoms with E-state index in [4.69, 9.17) is 4.74 Å². The van der Waals surface area contributed by atoms with E-state index in [0.29, 0.717) is 43.2 Å². The molecule has 0 aliphatic carbocycles. The van der Waals surface area contributed by atoms with E-state index in [9.17, 15) is 14.0 Å². The molecule has 0 atom stereocenters. The molecular formula is C23H26FN3O3. The Morgan fingerprint density at radius 3 is 1.77 bits per heavy atom. The average Bonchev–Trinajstić information content (AvgIpc) is 2.81. The van der Waals surface area contributed by atoms with Crippen LogP contribution < -0.4 is 4.74 Å². The van der Waals surface area contributed by atoms with Crippen molar-refractivity contribution in [2.45, 2.75) is 19.3 Å². The Morgan fingerprint density at radius 1 is 0.667 bits per heavy atom. The quantitative estimate of drug-likeness (QED) is 0.768. The normalized spacial score (nSPS) is 17.0. The van der Waals surface area contributed by atoms with Gasteiger partial charge in [-0.05, 0) is 67.8 Å². The van der Waals surface area contributed by atoms with Crippen LogP contribution in [0.3, 0.4) is 0 Å². The van der Waals surface area contributed by atoms with Crippen molar-refractivity contribution < 1.29 is 18.7 Å². The number of piperidine rings is 1. The van der Waals surface area contributed by atoms with Crippen LogP contribution in [0.15, 0.2) is 48.5 Å². The minimum atomic E-state index is -0.318. The molecule has 158 valence electrons. The first kappa shape index (κ1) is 20.2. The van der Waals surface area contributed by atoms with Crippen LogP contribution in [0, 0.1) is 5.82 Å². The Balaban J connectivity index is 1.30. The van der Waals surface area contributed by atoms with Gasteiger partial charge in [-0.3, -0.25) is 4.79 Å². The number of carbonyl (C=O) groups excluding carboxylic acids is 2. The Hall–Kier alpha value is -3.09. The van der Waals surface area contributed by atoms with E-state index in [-0.39, 0.29) is 17.8 Å². The third-order valence-corrected chi connectivity index (χ3v) is 5.61. The predicted octanol–water partition coefficient (Wildman–Crippen LogP) is 3.98. The third kappa shape index (κ3) is 4.72. The van der Waals surface area contributed by atoms with Crippen molar-refractivity contribution in [2.24, 2.45) is 0 Å². The van der Waals surface area contributed by atoms with Crippen LogP contribution in [0.25, 0.3) is 0 Å². The molecule has 7 heteroatoms. The second-order valence-corrected chi connectivity index (χ2v) is 7.69. The fourth-order valence-electron chi connectivity index (χ4n) is 3.87. The maximum atomic E-state index is 13.0. The first-order valence-electron chi connectivity index (χ1n) is 10.5. The number of benzene rings is 2. The maximum absolute atomic E-state index is 13.0. The molecule has 2 aliphatic rings. The lowest BCUT2D eigenvalue weighted by atomic mass is 10.1. The first-order chi connectivity index (χ1) is 14.6. The summed E-state index contributed by atoms with van der Waals surface area (Å²) in [5.74, 6) is 0.745. The van der Waals surface area contributed by atoms with Crippen LogP contribution >= 0.6 is 0 Å². The summed E-state index contributed by atoms with van der Waals surface area (Å²) in [6.45, 7) is 3.87. The van der Waals surface area contributed by atoms with Crippen molar-refractivity contribution in [3.8, 4) is 11.5 Å². The molecule has 0 bridgehead atoms. The van der Waals surface area contributed by atoms with Crippen LogP contribution in [-0.2, 0) is 0 Å². The van der Waals surface area contributed by atoms with Gasteiger partial charge in [0.05, 0.1) is 0 Å². The number of rotatable bonds is 3. The molecule has 0 unspecified atom stereocenters. The maximum Gasteiger partial charge on any atom is 0.320 e. The molecule has 0 saturated carbocycles. The van der Waals surface area contributed by atoms with Gasteiger partial charge in [0.25, 0.3) is 5.91 Å². The number of carbonyl (C=O) groups is 2. The molecule has 2 fully saturated rings. The molecule has 0 N–H and O–H groups in total. The van der Waals surface area contributed by atoms with E-state index in [0.717, 1.165) is 25.9 Å². The average molecular weight is 411 g/mol. The van der Waals surface area contributed by atoms with Gasteiger partial charge in [-0.1, -0.05) is 0 Å². The molecule has 4 rings (SSSR count). The highest BCUT2D eigenvalue weighted by atomic mass is 19.1. The summed E-state index contributed by atoms with van der Waals surface area (Å²) in [5.41, 5.74) is 0.581. The van der Waals surface area contributed by atoms with E-state index in [2.05, 4.69) is 0 Å². The number of halogens is 1. The van der Waals surface area contributed by atoms with Crippen molar-refractivity contribution in [1.82, 2.24) is 14.7 Å². The fraction of sp³-hybridized carbons (Fsp3) is 0.391. The van der Waals surface area contributed by atoms with Crippen molar-refractivity contribution in [3.63, 3.8) is 0 Å². The number of hydrogen-bond acceptors (Lipinski definition) is 3. The van der Waals surface area contributed by atoms with Gasteiger partial charge in [0, 0.05) is 44.8 Å². The Bertz CT molecular complexity index is 872. The number of hydrogen-bond donors (Lipinski definition) is 0. The third-order valence-electron chi connectivity index (χ3n) is 5.61. The van der Waals surface area contributed by atoms with Gasteiger partial charge >= 0.3 is 6.03 Å². The molecular weight excluding hydrogens is 385 g/mol. The van der Waals surface area contributed by atoms with Gasteiger partial charge in [0.2, 0.25) is 0 Å². The van der Waals surface area contributed by atoms with E-state index in [1.54, 1.807) is 41.3 Å². The smallest absolute Gasteiger partial charge is 0.320 e. The SMILES string of the molecule is O=C(c1ccc(Oc2ccc(F)cc2)cc1)N1CCN(C(=O)N2CCCCC2)CC1. The highest BCUT2D eigenvalue weighted by Gasteiger charge is 2.28. The summed E-state index contributed by atoms with van der Waals surface area (Å²) in [7, 11) is 0. The molecule has 30 heavy (non-hydrogen) atoms. The van der Waals surface area contributed by atoms with Gasteiger partial charge in [-0.2, -0.15) is 0 Å². The predicted molar refractivity (Wildman–Crippen MR) is 111 cm³/mol. The summed E-state index contributed by atoms with van der Waals surface area (Å²) in [6.07, 6.45) is 3.34. The second kappa shape index (κ2) is 9.15. The first-order valence-corrected chi connectivity index (χ1v) is 10.5. The number of likely N-dealkylation sites (tertiary alicyclic amines) is 1. The Labute approximate surface area is 175 Å². The van der Waals surface area contributed by atoms with Crippen molar-refractivity contribution in [1.29, 1.82) is 0 Å². The van der Waals surface area contributed by atoms with Gasteiger partial charge in [0.1, 0.15) is 17.3 Å². The van der Waals surface area contributed by atoms with Gasteiger partial charge < -0.3 is 19.4 Å². The van der Waals surface area contributed by atoms with Crippen LogP contribution in [0.1, 0.15) is 29.6 Å². The molecule has 0 aromatic heterocycles. The lowest BCUT2D eigenvalue weighted by molar-refractivity contribution is 0.0633. The van der Waals surface area contributed by atoms with E-state index >= 15 is 0 Å². The Morgan fingerprint density at radius 2 is 1.17 bits per heavy atom. The number of piperazine rings is 1. The summed E-state index contributed by atoms with van der Waals surface area (Å²) >= 11 is 0. The van der Waals surface area contributed by atoms with Crippen molar-refractivity contribution >= 4 is 11.9 Å². The summed E-state index contributed by atoms with van der Waals surface area (Å²) in [5, 5.41) is 0. The van der Waals surface area contributed by atoms with Crippen LogP contribution in [-0.4, -0.2) is 65.9 Å². The minimum Gasteiger partial charge on any atom is -0.457 e. The van der Waals surface area contributed by atoms with Crippen molar-refractivity contribution in [2.75, 3.05) is 39.3 Å². The van der Waals surface area contributed by atoms with Gasteiger partial charge in [-0.25, -0.2) is 9.18 Å². The van der Waals surface area contributed by atoms with E-state index in [1.807, 2.05) is 9.80 Å². The zero-order valence-electron chi connectivity index (χ0n) is 16.9. The fourth-order valence-corrected chi connectivity index (χ4v) is 3.87. The summed E-state index contributed by atoms with van der Waals surface area (Å²) in [6, 6.07) is 12.8. The highest BCUT2D eigenvalue weighted by Crippen LogP contribution is 2.22. The Kier molecular flexibility index (Phi) is 6.16. The molecule has 2 aromatic carbocycles. The zero-order valence-corrected chi connectivity index (χ0v) is 16.9. The zero-order chi connectivity index (χ0) is 20.9. The number of nitrogens with zero attached hydrogens (tertiary/aromatic N) is 3. The molecule has 2 heterocycles. The number of urea groups is 1. The molecule has 0 spiro atoms. The molecule has 6 nitrogen and oxygen atoms in total. The van der Waals surface area contributed by atoms with Crippen LogP contribution in [0.4, 0.5) is 9.18 Å².